The number of hydrogen-bond acceptors (Lipinski definition) is 4. The van der Waals surface area contributed by atoms with Gasteiger partial charge in [0, 0.05) is 0 Å². The SMILES string of the molecule is O=C(F)C(F)(F)C(F)(F)C(F)(F)OC(F)(C(F)(F)F)C(F)(F)OC(F)(C(=O)F)C(F)(F)F. The molecule has 190 valence electrons. The van der Waals surface area contributed by atoms with Crippen LogP contribution in [-0.2, 0) is 19.1 Å². The molecule has 0 amide bonds. The second kappa shape index (κ2) is 7.80. The van der Waals surface area contributed by atoms with Crippen molar-refractivity contribution in [3.8, 4) is 0 Å². The van der Waals surface area contributed by atoms with Gasteiger partial charge in [-0.05, 0) is 0 Å². The number of carbonyl (C=O) groups is 2. The highest BCUT2D eigenvalue weighted by atomic mass is 19.4. The molecule has 0 radical (unpaired) electrons. The Kier molecular flexibility index (Phi) is 7.31. The van der Waals surface area contributed by atoms with E-state index >= 15 is 0 Å². The van der Waals surface area contributed by atoms with Crippen molar-refractivity contribution in [2.24, 2.45) is 0 Å². The van der Waals surface area contributed by atoms with E-state index in [2.05, 4.69) is 0 Å². The molecule has 32 heavy (non-hydrogen) atoms. The molecule has 0 rings (SSSR count). The summed E-state index contributed by atoms with van der Waals surface area (Å²) in [5, 5.41) is 0. The van der Waals surface area contributed by atoms with Gasteiger partial charge in [-0.1, -0.05) is 0 Å². The van der Waals surface area contributed by atoms with E-state index in [-0.39, 0.29) is 0 Å². The fourth-order valence-corrected chi connectivity index (χ4v) is 1.28. The molecular formula is C10F18O4. The fraction of sp³-hybridized carbons (Fsp3) is 0.800. The number of carbonyl (C=O) groups excluding carboxylic acids is 2. The molecule has 0 saturated carbocycles. The van der Waals surface area contributed by atoms with Gasteiger partial charge in [0.2, 0.25) is 0 Å². The van der Waals surface area contributed by atoms with E-state index in [0.717, 1.165) is 0 Å². The molecular weight excluding hydrogens is 526 g/mol. The van der Waals surface area contributed by atoms with Crippen molar-refractivity contribution in [3.63, 3.8) is 0 Å². The Balaban J connectivity index is 6.76. The first kappa shape index (κ1) is 30.0. The predicted molar refractivity (Wildman–Crippen MR) is 54.0 cm³/mol. The maximum Gasteiger partial charge on any atom is 0.459 e. The number of ether oxygens (including phenoxy) is 2. The van der Waals surface area contributed by atoms with Crippen LogP contribution in [0.2, 0.25) is 0 Å². The van der Waals surface area contributed by atoms with Gasteiger partial charge in [0.05, 0.1) is 0 Å². The van der Waals surface area contributed by atoms with Gasteiger partial charge >= 0.3 is 60.2 Å². The van der Waals surface area contributed by atoms with Crippen LogP contribution in [-0.4, -0.2) is 60.2 Å². The quantitative estimate of drug-likeness (QED) is 0.316. The van der Waals surface area contributed by atoms with Gasteiger partial charge in [0.15, 0.2) is 0 Å². The Bertz CT molecular complexity index is 739. The molecule has 0 fully saturated rings. The van der Waals surface area contributed by atoms with Crippen molar-refractivity contribution < 1.29 is 98.1 Å². The molecule has 0 spiro atoms. The van der Waals surface area contributed by atoms with E-state index in [1.807, 2.05) is 0 Å². The Morgan fingerprint density at radius 1 is 0.500 bits per heavy atom. The molecule has 0 bridgehead atoms. The third-order valence-electron chi connectivity index (χ3n) is 2.90. The maximum atomic E-state index is 13.6. The van der Waals surface area contributed by atoms with Crippen LogP contribution in [0.3, 0.4) is 0 Å². The Morgan fingerprint density at radius 2 is 0.875 bits per heavy atom. The summed E-state index contributed by atoms with van der Waals surface area (Å²) >= 11 is 0. The van der Waals surface area contributed by atoms with Crippen LogP contribution >= 0.6 is 0 Å². The van der Waals surface area contributed by atoms with Gasteiger partial charge in [0.1, 0.15) is 0 Å². The van der Waals surface area contributed by atoms with E-state index in [4.69, 9.17) is 0 Å². The lowest BCUT2D eigenvalue weighted by atomic mass is 10.1. The lowest BCUT2D eigenvalue weighted by Crippen LogP contribution is -2.68. The van der Waals surface area contributed by atoms with Crippen LogP contribution in [0.4, 0.5) is 79.0 Å². The normalized spacial score (nSPS) is 18.7. The smallest absolute Gasteiger partial charge is 0.262 e. The Hall–Kier alpha value is -2.00. The summed E-state index contributed by atoms with van der Waals surface area (Å²) in [4.78, 5) is 19.6. The monoisotopic (exact) mass is 526 g/mol. The molecule has 0 saturated heterocycles. The highest BCUT2D eigenvalue weighted by molar-refractivity contribution is 5.78. The van der Waals surface area contributed by atoms with E-state index in [0.29, 0.717) is 0 Å². The minimum atomic E-state index is -8.22. The second-order valence-corrected chi connectivity index (χ2v) is 5.12. The molecule has 0 aliphatic heterocycles. The van der Waals surface area contributed by atoms with Gasteiger partial charge in [-0.15, -0.1) is 0 Å². The summed E-state index contributed by atoms with van der Waals surface area (Å²) in [5.41, 5.74) is 0. The molecule has 4 nitrogen and oxygen atoms in total. The first-order valence-corrected chi connectivity index (χ1v) is 6.38. The molecule has 0 aliphatic rings. The number of alkyl halides is 16. The van der Waals surface area contributed by atoms with Crippen molar-refractivity contribution in [1.82, 2.24) is 0 Å². The zero-order valence-electron chi connectivity index (χ0n) is 13.4. The molecule has 0 aromatic heterocycles. The average Bonchev–Trinajstić information content (AvgIpc) is 2.50. The molecule has 0 aromatic carbocycles. The minimum absolute atomic E-state index is 1.18. The van der Waals surface area contributed by atoms with E-state index in [9.17, 15) is 88.6 Å². The maximum absolute atomic E-state index is 13.6. The number of hydrogen-bond donors (Lipinski definition) is 0. The highest BCUT2D eigenvalue weighted by Gasteiger charge is 2.86. The lowest BCUT2D eigenvalue weighted by Gasteiger charge is -2.40. The minimum Gasteiger partial charge on any atom is -0.262 e. The van der Waals surface area contributed by atoms with Gasteiger partial charge in [-0.25, -0.2) is 0 Å². The van der Waals surface area contributed by atoms with Gasteiger partial charge in [-0.3, -0.25) is 19.1 Å². The van der Waals surface area contributed by atoms with Gasteiger partial charge in [0.25, 0.3) is 0 Å². The first-order chi connectivity index (χ1) is 13.6. The summed E-state index contributed by atoms with van der Waals surface area (Å²) in [6, 6.07) is -9.60. The van der Waals surface area contributed by atoms with Crippen LogP contribution in [0.15, 0.2) is 0 Å². The molecule has 0 N–H and O–H groups in total. The summed E-state index contributed by atoms with van der Waals surface area (Å²) in [6.45, 7) is 0. The topological polar surface area (TPSA) is 52.6 Å². The Morgan fingerprint density at radius 3 is 1.12 bits per heavy atom. The van der Waals surface area contributed by atoms with Crippen molar-refractivity contribution in [2.75, 3.05) is 0 Å². The molecule has 2 unspecified atom stereocenters. The zero-order chi connectivity index (χ0) is 26.6. The average molecular weight is 526 g/mol. The van der Waals surface area contributed by atoms with E-state index < -0.39 is 60.2 Å². The number of halogens is 18. The first-order valence-electron chi connectivity index (χ1n) is 6.38. The van der Waals surface area contributed by atoms with E-state index in [1.54, 1.807) is 0 Å². The fourth-order valence-electron chi connectivity index (χ4n) is 1.28. The van der Waals surface area contributed by atoms with Crippen LogP contribution in [0, 0.1) is 0 Å². The summed E-state index contributed by atoms with van der Waals surface area (Å²) < 4.78 is 231. The van der Waals surface area contributed by atoms with Crippen molar-refractivity contribution >= 4 is 12.1 Å². The largest absolute Gasteiger partial charge is 0.459 e. The number of rotatable bonds is 9. The van der Waals surface area contributed by atoms with Crippen molar-refractivity contribution in [2.45, 2.75) is 48.1 Å². The second-order valence-electron chi connectivity index (χ2n) is 5.12. The van der Waals surface area contributed by atoms with Crippen LogP contribution < -0.4 is 0 Å². The molecule has 22 heteroatoms. The molecule has 2 atom stereocenters. The zero-order valence-corrected chi connectivity index (χ0v) is 13.4. The molecule has 0 heterocycles. The highest BCUT2D eigenvalue weighted by Crippen LogP contribution is 2.56. The predicted octanol–water partition coefficient (Wildman–Crippen LogP) is 4.92. The lowest BCUT2D eigenvalue weighted by molar-refractivity contribution is -0.543. The van der Waals surface area contributed by atoms with Crippen molar-refractivity contribution in [1.29, 1.82) is 0 Å². The van der Waals surface area contributed by atoms with Gasteiger partial charge < -0.3 is 0 Å². The third-order valence-corrected chi connectivity index (χ3v) is 2.90. The molecule has 0 aromatic rings. The summed E-state index contributed by atoms with van der Waals surface area (Å²) in [6.07, 6.45) is -31.7. The summed E-state index contributed by atoms with van der Waals surface area (Å²) in [5.74, 6) is -30.9. The van der Waals surface area contributed by atoms with Crippen molar-refractivity contribution in [3.05, 3.63) is 0 Å². The van der Waals surface area contributed by atoms with Gasteiger partial charge in [-0.2, -0.15) is 79.0 Å². The van der Waals surface area contributed by atoms with Crippen LogP contribution in [0.25, 0.3) is 0 Å². The van der Waals surface area contributed by atoms with Crippen LogP contribution in [0.5, 0.6) is 0 Å². The summed E-state index contributed by atoms with van der Waals surface area (Å²) in [7, 11) is 0. The van der Waals surface area contributed by atoms with Crippen LogP contribution in [0.1, 0.15) is 0 Å². The Labute approximate surface area is 160 Å². The van der Waals surface area contributed by atoms with E-state index in [1.165, 1.54) is 9.47 Å². The molecule has 0 aliphatic carbocycles. The third kappa shape index (κ3) is 4.55. The standard InChI is InChI=1S/C10F18O4/c11-1(29)3(13,14)5(16,17)9(25,26)32-6(18,8(22,23)24)10(27,28)31-4(15,2(12)30)7(19,20)21.